The van der Waals surface area contributed by atoms with Gasteiger partial charge in [-0.3, -0.25) is 4.79 Å². The second-order valence-corrected chi connectivity index (χ2v) is 7.36. The monoisotopic (exact) mass is 312 g/mol. The minimum atomic E-state index is 0.141. The molecule has 2 fully saturated rings. The predicted molar refractivity (Wildman–Crippen MR) is 88.0 cm³/mol. The van der Waals surface area contributed by atoms with Gasteiger partial charge in [-0.25, -0.2) is 4.98 Å². The van der Waals surface area contributed by atoms with Crippen molar-refractivity contribution in [2.75, 3.05) is 0 Å². The van der Waals surface area contributed by atoms with E-state index in [1.54, 1.807) is 11.3 Å². The van der Waals surface area contributed by atoms with Crippen LogP contribution >= 0.6 is 11.3 Å². The summed E-state index contributed by atoms with van der Waals surface area (Å²) in [5.74, 6) is 1.42. The highest BCUT2D eigenvalue weighted by atomic mass is 32.1. The van der Waals surface area contributed by atoms with E-state index in [0.29, 0.717) is 18.4 Å². The second-order valence-electron chi connectivity index (χ2n) is 6.47. The van der Waals surface area contributed by atoms with Crippen LogP contribution in [0, 0.1) is 12.8 Å². The van der Waals surface area contributed by atoms with Gasteiger partial charge in [0.05, 0.1) is 17.2 Å². The number of carbonyl (C=O) groups excluding carboxylic acids is 1. The van der Waals surface area contributed by atoms with Gasteiger partial charge in [-0.2, -0.15) is 0 Å². The second kappa shape index (κ2) is 5.51. The first-order valence-corrected chi connectivity index (χ1v) is 8.88. The molecule has 1 N–H and O–H groups in total. The third kappa shape index (κ3) is 2.80. The number of thiazole rings is 1. The van der Waals surface area contributed by atoms with E-state index < -0.39 is 0 Å². The van der Waals surface area contributed by atoms with Gasteiger partial charge < -0.3 is 5.32 Å². The normalized spacial score (nSPS) is 23.3. The Morgan fingerprint density at radius 2 is 2.18 bits per heavy atom. The lowest BCUT2D eigenvalue weighted by molar-refractivity contribution is -0.122. The van der Waals surface area contributed by atoms with Gasteiger partial charge in [0.2, 0.25) is 5.91 Å². The molecule has 114 valence electrons. The highest BCUT2D eigenvalue weighted by Crippen LogP contribution is 2.48. The van der Waals surface area contributed by atoms with Gasteiger partial charge >= 0.3 is 0 Å². The summed E-state index contributed by atoms with van der Waals surface area (Å²) in [5.41, 5.74) is 3.62. The molecule has 2 aliphatic rings. The molecular weight excluding hydrogens is 292 g/mol. The lowest BCUT2D eigenvalue weighted by Gasteiger charge is -2.05. The molecule has 0 aliphatic heterocycles. The number of rotatable bonds is 5. The third-order valence-corrected chi connectivity index (χ3v) is 5.71. The van der Waals surface area contributed by atoms with E-state index in [-0.39, 0.29) is 11.8 Å². The SMILES string of the molecule is Cc1ccccc1[C@H]1C[C@@H]1C(=O)NCc1csc(C2CC2)n1. The molecule has 4 heteroatoms. The van der Waals surface area contributed by atoms with Crippen LogP contribution in [0.2, 0.25) is 0 Å². The molecule has 1 aromatic carbocycles. The van der Waals surface area contributed by atoms with Gasteiger partial charge in [0.15, 0.2) is 0 Å². The molecule has 1 heterocycles. The van der Waals surface area contributed by atoms with Crippen molar-refractivity contribution >= 4 is 17.2 Å². The summed E-state index contributed by atoms with van der Waals surface area (Å²) < 4.78 is 0. The molecule has 2 aliphatic carbocycles. The molecule has 2 atom stereocenters. The van der Waals surface area contributed by atoms with Crippen molar-refractivity contribution in [1.29, 1.82) is 0 Å². The fraction of sp³-hybridized carbons (Fsp3) is 0.444. The molecule has 1 amide bonds. The molecule has 0 bridgehead atoms. The molecule has 22 heavy (non-hydrogen) atoms. The maximum absolute atomic E-state index is 12.3. The van der Waals surface area contributed by atoms with E-state index >= 15 is 0 Å². The van der Waals surface area contributed by atoms with E-state index in [1.807, 2.05) is 0 Å². The number of aryl methyl sites for hydroxylation is 1. The summed E-state index contributed by atoms with van der Waals surface area (Å²) in [5, 5.41) is 6.38. The molecule has 0 spiro atoms. The van der Waals surface area contributed by atoms with Crippen molar-refractivity contribution in [2.45, 2.75) is 44.6 Å². The van der Waals surface area contributed by atoms with Gasteiger partial charge in [-0.15, -0.1) is 11.3 Å². The molecule has 2 aromatic rings. The number of carbonyl (C=O) groups is 1. The lowest BCUT2D eigenvalue weighted by Crippen LogP contribution is -2.25. The smallest absolute Gasteiger partial charge is 0.224 e. The van der Waals surface area contributed by atoms with E-state index in [1.165, 1.54) is 29.0 Å². The molecular formula is C18H20N2OS. The molecule has 0 radical (unpaired) electrons. The van der Waals surface area contributed by atoms with Gasteiger partial charge in [0.25, 0.3) is 0 Å². The zero-order valence-corrected chi connectivity index (χ0v) is 13.5. The van der Waals surface area contributed by atoms with Gasteiger partial charge in [-0.05, 0) is 43.2 Å². The Bertz CT molecular complexity index is 705. The number of nitrogens with one attached hydrogen (secondary N) is 1. The van der Waals surface area contributed by atoms with Crippen LogP contribution in [0.4, 0.5) is 0 Å². The first kappa shape index (κ1) is 13.9. The molecule has 0 saturated heterocycles. The van der Waals surface area contributed by atoms with Crippen molar-refractivity contribution < 1.29 is 4.79 Å². The molecule has 1 aromatic heterocycles. The zero-order chi connectivity index (χ0) is 15.1. The quantitative estimate of drug-likeness (QED) is 0.913. The standard InChI is InChI=1S/C18H20N2OS/c1-11-4-2-3-5-14(11)15-8-16(15)17(21)19-9-13-10-22-18(20-13)12-6-7-12/h2-5,10,12,15-16H,6-9H2,1H3,(H,19,21)/t15-,16+/m1/s1. The van der Waals surface area contributed by atoms with E-state index in [0.717, 1.165) is 12.1 Å². The summed E-state index contributed by atoms with van der Waals surface area (Å²) in [6, 6.07) is 8.38. The van der Waals surface area contributed by atoms with Crippen LogP contribution in [-0.4, -0.2) is 10.9 Å². The number of hydrogen-bond donors (Lipinski definition) is 1. The highest BCUT2D eigenvalue weighted by molar-refractivity contribution is 7.09. The third-order valence-electron chi connectivity index (χ3n) is 4.65. The van der Waals surface area contributed by atoms with Crippen LogP contribution in [-0.2, 0) is 11.3 Å². The van der Waals surface area contributed by atoms with Gasteiger partial charge in [-0.1, -0.05) is 24.3 Å². The van der Waals surface area contributed by atoms with Crippen molar-refractivity contribution in [3.63, 3.8) is 0 Å². The molecule has 3 nitrogen and oxygen atoms in total. The van der Waals surface area contributed by atoms with Crippen molar-refractivity contribution in [3.8, 4) is 0 Å². The van der Waals surface area contributed by atoms with Crippen LogP contribution < -0.4 is 5.32 Å². The summed E-state index contributed by atoms with van der Waals surface area (Å²) >= 11 is 1.73. The summed E-state index contributed by atoms with van der Waals surface area (Å²) in [6.45, 7) is 2.69. The Kier molecular flexibility index (Phi) is 3.49. The summed E-state index contributed by atoms with van der Waals surface area (Å²) in [6.07, 6.45) is 3.53. The first-order valence-electron chi connectivity index (χ1n) is 8.00. The molecule has 2 saturated carbocycles. The lowest BCUT2D eigenvalue weighted by atomic mass is 10.0. The van der Waals surface area contributed by atoms with Crippen LogP contribution in [0.3, 0.4) is 0 Å². The Hall–Kier alpha value is -1.68. The van der Waals surface area contributed by atoms with Crippen molar-refractivity contribution in [2.24, 2.45) is 5.92 Å². The van der Waals surface area contributed by atoms with E-state index in [4.69, 9.17) is 0 Å². The average Bonchev–Trinajstić information content (AvgIpc) is 3.44. The Morgan fingerprint density at radius 3 is 2.95 bits per heavy atom. The molecule has 0 unspecified atom stereocenters. The Labute approximate surface area is 134 Å². The number of hydrogen-bond acceptors (Lipinski definition) is 3. The minimum Gasteiger partial charge on any atom is -0.350 e. The predicted octanol–water partition coefficient (Wildman–Crippen LogP) is 3.75. The summed E-state index contributed by atoms with van der Waals surface area (Å²) in [4.78, 5) is 16.9. The first-order chi connectivity index (χ1) is 10.7. The number of aromatic nitrogens is 1. The zero-order valence-electron chi connectivity index (χ0n) is 12.7. The number of benzene rings is 1. The highest BCUT2D eigenvalue weighted by Gasteiger charge is 2.44. The van der Waals surface area contributed by atoms with Crippen molar-refractivity contribution in [1.82, 2.24) is 10.3 Å². The fourth-order valence-corrected chi connectivity index (χ4v) is 4.05. The molecule has 4 rings (SSSR count). The number of nitrogens with zero attached hydrogens (tertiary/aromatic N) is 1. The van der Waals surface area contributed by atoms with Gasteiger partial charge in [0.1, 0.15) is 0 Å². The maximum atomic E-state index is 12.3. The fourth-order valence-electron chi connectivity index (χ4n) is 3.06. The maximum Gasteiger partial charge on any atom is 0.224 e. The topological polar surface area (TPSA) is 42.0 Å². The van der Waals surface area contributed by atoms with E-state index in [9.17, 15) is 4.79 Å². The van der Waals surface area contributed by atoms with E-state index in [2.05, 4.69) is 46.9 Å². The summed E-state index contributed by atoms with van der Waals surface area (Å²) in [7, 11) is 0. The van der Waals surface area contributed by atoms with Crippen LogP contribution in [0.1, 0.15) is 52.9 Å². The number of amides is 1. The van der Waals surface area contributed by atoms with Crippen LogP contribution in [0.5, 0.6) is 0 Å². The Morgan fingerprint density at radius 1 is 1.36 bits per heavy atom. The largest absolute Gasteiger partial charge is 0.350 e. The van der Waals surface area contributed by atoms with Gasteiger partial charge in [0, 0.05) is 17.2 Å². The van der Waals surface area contributed by atoms with Crippen LogP contribution in [0.15, 0.2) is 29.6 Å². The average molecular weight is 312 g/mol. The van der Waals surface area contributed by atoms with Crippen molar-refractivity contribution in [3.05, 3.63) is 51.5 Å². The minimum absolute atomic E-state index is 0.141. The van der Waals surface area contributed by atoms with Crippen LogP contribution in [0.25, 0.3) is 0 Å². The Balaban J connectivity index is 1.32.